The molecule has 0 radical (unpaired) electrons. The summed E-state index contributed by atoms with van der Waals surface area (Å²) in [6, 6.07) is 8.54. The lowest BCUT2D eigenvalue weighted by Gasteiger charge is -2.35. The van der Waals surface area contributed by atoms with Gasteiger partial charge < -0.3 is 5.32 Å². The number of benzene rings is 1. The Morgan fingerprint density at radius 2 is 1.71 bits per heavy atom. The molecule has 2 rings (SSSR count). The standard InChI is InChI=1S/C18H28N2O3S/c1-14(2)18(3,4)17(21)19-15-10-12-20(13-11-15)24(22,23)16-8-6-5-7-9-16/h5-9,14-15H,10-13H2,1-4H3,(H,19,21). The third-order valence-corrected chi connectivity index (χ3v) is 7.11. The van der Waals surface area contributed by atoms with Crippen LogP contribution >= 0.6 is 0 Å². The quantitative estimate of drug-likeness (QED) is 0.886. The van der Waals surface area contributed by atoms with Crippen LogP contribution in [0.1, 0.15) is 40.5 Å². The summed E-state index contributed by atoms with van der Waals surface area (Å²) >= 11 is 0. The Morgan fingerprint density at radius 3 is 2.21 bits per heavy atom. The molecule has 0 aliphatic carbocycles. The van der Waals surface area contributed by atoms with Gasteiger partial charge in [-0.1, -0.05) is 45.9 Å². The molecule has 5 nitrogen and oxygen atoms in total. The van der Waals surface area contributed by atoms with Crippen molar-refractivity contribution >= 4 is 15.9 Å². The molecule has 0 bridgehead atoms. The molecule has 24 heavy (non-hydrogen) atoms. The molecule has 0 atom stereocenters. The van der Waals surface area contributed by atoms with Crippen LogP contribution in [0.3, 0.4) is 0 Å². The second kappa shape index (κ2) is 7.23. The first-order valence-electron chi connectivity index (χ1n) is 8.52. The van der Waals surface area contributed by atoms with E-state index in [0.29, 0.717) is 30.8 Å². The molecule has 6 heteroatoms. The van der Waals surface area contributed by atoms with E-state index >= 15 is 0 Å². The Hall–Kier alpha value is -1.40. The van der Waals surface area contributed by atoms with E-state index in [-0.39, 0.29) is 17.9 Å². The zero-order valence-electron chi connectivity index (χ0n) is 15.0. The largest absolute Gasteiger partial charge is 0.353 e. The lowest BCUT2D eigenvalue weighted by Crippen LogP contribution is -2.50. The molecule has 1 aliphatic heterocycles. The summed E-state index contributed by atoms with van der Waals surface area (Å²) in [5, 5.41) is 3.09. The number of amides is 1. The highest BCUT2D eigenvalue weighted by Crippen LogP contribution is 2.27. The van der Waals surface area contributed by atoms with E-state index in [1.54, 1.807) is 30.3 Å². The van der Waals surface area contributed by atoms with Crippen LogP contribution in [-0.2, 0) is 14.8 Å². The fourth-order valence-electron chi connectivity index (χ4n) is 2.62. The molecule has 1 amide bonds. The number of carbonyl (C=O) groups is 1. The fraction of sp³-hybridized carbons (Fsp3) is 0.611. The van der Waals surface area contributed by atoms with Crippen molar-refractivity contribution in [3.63, 3.8) is 0 Å². The van der Waals surface area contributed by atoms with Crippen molar-refractivity contribution in [1.29, 1.82) is 0 Å². The maximum absolute atomic E-state index is 12.6. The Bertz CT molecular complexity index is 661. The SMILES string of the molecule is CC(C)C(C)(C)C(=O)NC1CCN(S(=O)(=O)c2ccccc2)CC1. The van der Waals surface area contributed by atoms with Crippen LogP contribution in [0.15, 0.2) is 35.2 Å². The number of piperidine rings is 1. The molecule has 1 saturated heterocycles. The molecule has 1 aliphatic rings. The highest BCUT2D eigenvalue weighted by molar-refractivity contribution is 7.89. The van der Waals surface area contributed by atoms with Crippen LogP contribution in [0.5, 0.6) is 0 Å². The van der Waals surface area contributed by atoms with Gasteiger partial charge in [0.1, 0.15) is 0 Å². The van der Waals surface area contributed by atoms with Crippen LogP contribution in [0, 0.1) is 11.3 Å². The normalized spacial score (nSPS) is 17.9. The molecular weight excluding hydrogens is 324 g/mol. The van der Waals surface area contributed by atoms with E-state index in [1.165, 1.54) is 4.31 Å². The minimum Gasteiger partial charge on any atom is -0.353 e. The summed E-state index contributed by atoms with van der Waals surface area (Å²) in [5.74, 6) is 0.290. The summed E-state index contributed by atoms with van der Waals surface area (Å²) in [6.45, 7) is 8.84. The molecule has 1 aromatic carbocycles. The van der Waals surface area contributed by atoms with E-state index in [4.69, 9.17) is 0 Å². The van der Waals surface area contributed by atoms with Crippen LogP contribution < -0.4 is 5.32 Å². The van der Waals surface area contributed by atoms with Gasteiger partial charge >= 0.3 is 0 Å². The van der Waals surface area contributed by atoms with Gasteiger partial charge in [-0.05, 0) is 30.9 Å². The van der Waals surface area contributed by atoms with Crippen LogP contribution in [0.2, 0.25) is 0 Å². The predicted octanol–water partition coefficient (Wildman–Crippen LogP) is 2.64. The molecule has 1 N–H and O–H groups in total. The molecular formula is C18H28N2O3S. The van der Waals surface area contributed by atoms with Crippen molar-refractivity contribution in [3.05, 3.63) is 30.3 Å². The summed E-state index contributed by atoms with van der Waals surface area (Å²) in [6.07, 6.45) is 1.29. The number of nitrogens with zero attached hydrogens (tertiary/aromatic N) is 1. The van der Waals surface area contributed by atoms with Gasteiger partial charge in [-0.3, -0.25) is 4.79 Å². The zero-order valence-corrected chi connectivity index (χ0v) is 15.8. The van der Waals surface area contributed by atoms with Gasteiger partial charge in [0.2, 0.25) is 15.9 Å². The third-order valence-electron chi connectivity index (χ3n) is 5.20. The van der Waals surface area contributed by atoms with Crippen LogP contribution in [0.25, 0.3) is 0 Å². The van der Waals surface area contributed by atoms with Gasteiger partial charge in [0.05, 0.1) is 4.90 Å². The molecule has 0 saturated carbocycles. The number of rotatable bonds is 5. The van der Waals surface area contributed by atoms with Gasteiger partial charge in [0.25, 0.3) is 0 Å². The third kappa shape index (κ3) is 3.98. The average molecular weight is 353 g/mol. The van der Waals surface area contributed by atoms with Crippen molar-refractivity contribution in [2.75, 3.05) is 13.1 Å². The van der Waals surface area contributed by atoms with Gasteiger partial charge in [-0.2, -0.15) is 4.31 Å². The second-order valence-corrected chi connectivity index (χ2v) is 9.28. The first-order valence-corrected chi connectivity index (χ1v) is 9.96. The van der Waals surface area contributed by atoms with E-state index in [9.17, 15) is 13.2 Å². The van der Waals surface area contributed by atoms with E-state index < -0.39 is 15.4 Å². The highest BCUT2D eigenvalue weighted by atomic mass is 32.2. The zero-order chi connectivity index (χ0) is 18.0. The summed E-state index contributed by atoms with van der Waals surface area (Å²) in [5.41, 5.74) is -0.423. The first kappa shape index (κ1) is 18.9. The van der Waals surface area contributed by atoms with Crippen molar-refractivity contribution < 1.29 is 13.2 Å². The molecule has 0 aromatic heterocycles. The van der Waals surface area contributed by atoms with Gasteiger partial charge in [0, 0.05) is 24.5 Å². The van der Waals surface area contributed by atoms with E-state index in [2.05, 4.69) is 5.32 Å². The Kier molecular flexibility index (Phi) is 5.71. The second-order valence-electron chi connectivity index (χ2n) is 7.34. The van der Waals surface area contributed by atoms with Crippen LogP contribution in [0.4, 0.5) is 0 Å². The average Bonchev–Trinajstić information content (AvgIpc) is 2.56. The number of hydrogen-bond donors (Lipinski definition) is 1. The van der Waals surface area contributed by atoms with Gasteiger partial charge in [0.15, 0.2) is 0 Å². The maximum atomic E-state index is 12.6. The predicted molar refractivity (Wildman–Crippen MR) is 95.0 cm³/mol. The fourth-order valence-corrected chi connectivity index (χ4v) is 4.11. The van der Waals surface area contributed by atoms with Crippen molar-refractivity contribution in [2.24, 2.45) is 11.3 Å². The van der Waals surface area contributed by atoms with E-state index in [1.807, 2.05) is 27.7 Å². The Morgan fingerprint density at radius 1 is 1.17 bits per heavy atom. The van der Waals surface area contributed by atoms with Gasteiger partial charge in [-0.15, -0.1) is 0 Å². The summed E-state index contributed by atoms with van der Waals surface area (Å²) in [7, 11) is -3.44. The Balaban J connectivity index is 1.96. The topological polar surface area (TPSA) is 66.5 Å². The summed E-state index contributed by atoms with van der Waals surface area (Å²) in [4.78, 5) is 12.8. The number of sulfonamides is 1. The minimum absolute atomic E-state index is 0.0396. The van der Waals surface area contributed by atoms with E-state index in [0.717, 1.165) is 0 Å². The molecule has 1 heterocycles. The molecule has 1 fully saturated rings. The lowest BCUT2D eigenvalue weighted by molar-refractivity contribution is -0.132. The first-order chi connectivity index (χ1) is 11.2. The van der Waals surface area contributed by atoms with Crippen LogP contribution in [-0.4, -0.2) is 37.8 Å². The van der Waals surface area contributed by atoms with Crippen molar-refractivity contribution in [1.82, 2.24) is 9.62 Å². The lowest BCUT2D eigenvalue weighted by atomic mass is 9.80. The van der Waals surface area contributed by atoms with Crippen molar-refractivity contribution in [2.45, 2.75) is 51.5 Å². The molecule has 1 aromatic rings. The molecule has 0 spiro atoms. The van der Waals surface area contributed by atoms with Crippen molar-refractivity contribution in [3.8, 4) is 0 Å². The minimum atomic E-state index is -3.44. The number of hydrogen-bond acceptors (Lipinski definition) is 3. The summed E-state index contributed by atoms with van der Waals surface area (Å²) < 4.78 is 26.7. The number of carbonyl (C=O) groups excluding carboxylic acids is 1. The van der Waals surface area contributed by atoms with Gasteiger partial charge in [-0.25, -0.2) is 8.42 Å². The number of nitrogens with one attached hydrogen (secondary N) is 1. The molecule has 0 unspecified atom stereocenters. The molecule has 134 valence electrons. The Labute approximate surface area is 145 Å². The smallest absolute Gasteiger partial charge is 0.243 e. The monoisotopic (exact) mass is 352 g/mol. The highest BCUT2D eigenvalue weighted by Gasteiger charge is 2.34. The maximum Gasteiger partial charge on any atom is 0.243 e.